The van der Waals surface area contributed by atoms with E-state index in [1.54, 1.807) is 18.2 Å². The van der Waals surface area contributed by atoms with Gasteiger partial charge in [-0.05, 0) is 66.5 Å². The number of pyridine rings is 1. The molecule has 19 nitrogen and oxygen atoms in total. The number of amides is 1. The number of alkyl carbamates (subject to hydrolysis) is 1. The molecule has 1 aromatic heterocycles. The fourth-order valence-corrected chi connectivity index (χ4v) is 7.80. The summed E-state index contributed by atoms with van der Waals surface area (Å²) in [5, 5.41) is 21.9. The maximum absolute atomic E-state index is 12.0. The van der Waals surface area contributed by atoms with Gasteiger partial charge in [0.25, 0.3) is 0 Å². The van der Waals surface area contributed by atoms with Crippen LogP contribution in [0, 0.1) is 29.6 Å². The van der Waals surface area contributed by atoms with E-state index in [0.29, 0.717) is 187 Å². The third kappa shape index (κ3) is 22.5. The Bertz CT molecular complexity index is 1770. The number of nitrogens with zero attached hydrogens (tertiary/aromatic N) is 3. The lowest BCUT2D eigenvalue weighted by Crippen LogP contribution is -2.33. The Morgan fingerprint density at radius 1 is 0.657 bits per heavy atom. The first-order valence-electron chi connectivity index (χ1n) is 23.5. The normalized spacial score (nSPS) is 20.4. The molecule has 2 aromatic rings. The summed E-state index contributed by atoms with van der Waals surface area (Å²) in [5.41, 5.74) is 1.57. The molecule has 0 radical (unpaired) electrons. The summed E-state index contributed by atoms with van der Waals surface area (Å²) in [7, 11) is 0. The second kappa shape index (κ2) is 32.3. The zero-order valence-corrected chi connectivity index (χ0v) is 38.7. The zero-order chi connectivity index (χ0) is 47.2. The summed E-state index contributed by atoms with van der Waals surface area (Å²) >= 11 is 0. The minimum absolute atomic E-state index is 0.00751. The van der Waals surface area contributed by atoms with Gasteiger partial charge in [-0.2, -0.15) is 0 Å². The van der Waals surface area contributed by atoms with E-state index in [1.807, 2.05) is 6.07 Å². The molecule has 3 aliphatic rings. The van der Waals surface area contributed by atoms with Gasteiger partial charge in [-0.15, -0.1) is 11.8 Å². The Morgan fingerprint density at radius 3 is 1.75 bits per heavy atom. The van der Waals surface area contributed by atoms with Crippen LogP contribution in [0.3, 0.4) is 0 Å². The molecule has 0 spiro atoms. The van der Waals surface area contributed by atoms with Crippen LogP contribution in [0.1, 0.15) is 57.8 Å². The number of hydrogen-bond donors (Lipinski definition) is 3. The van der Waals surface area contributed by atoms with E-state index >= 15 is 0 Å². The summed E-state index contributed by atoms with van der Waals surface area (Å²) in [6, 6.07) is 9.96. The summed E-state index contributed by atoms with van der Waals surface area (Å²) in [4.78, 5) is 43.9. The lowest BCUT2D eigenvalue weighted by atomic mass is 10.1. The van der Waals surface area contributed by atoms with Crippen LogP contribution in [0.15, 0.2) is 36.4 Å². The predicted molar refractivity (Wildman–Crippen MR) is 243 cm³/mol. The van der Waals surface area contributed by atoms with Crippen molar-refractivity contribution in [3.05, 3.63) is 58.9 Å². The monoisotopic (exact) mass is 942 g/mol. The van der Waals surface area contributed by atoms with Gasteiger partial charge in [-0.1, -0.05) is 6.07 Å². The number of benzene rings is 1. The third-order valence-electron chi connectivity index (χ3n) is 11.4. The fraction of sp³-hybridized carbons (Fsp3) is 0.667. The Hall–Kier alpha value is -4.46. The van der Waals surface area contributed by atoms with Gasteiger partial charge in [0.2, 0.25) is 0 Å². The fourth-order valence-electron chi connectivity index (χ4n) is 7.80. The molecular weight excluding hydrogens is 873 g/mol. The standard InChI is InChI=1S/C48H70N4O15/c53-46(54)39-32-38(35-51-11-16-59-21-23-61-18-13-52(14-19-62-24-22-60-17-12-51)36-40-6-5-9-45(50-40)47(55)56)33-41(34-39)66-31-30-65-29-28-64-27-26-63-25-20-58-15-10-49-48(57)67-37-44-42-7-3-1-2-4-8-43(42)44/h5-6,9,32-34,42-44H,3-4,7-8,10-31,35-37H2,(H,49,57)(H,53,54)(H,55,56). The highest BCUT2D eigenvalue weighted by atomic mass is 16.6. The number of carboxylic acid groups (broad SMARTS) is 2. The first-order chi connectivity index (χ1) is 32.9. The maximum Gasteiger partial charge on any atom is 0.407 e. The molecule has 2 fully saturated rings. The van der Waals surface area contributed by atoms with Crippen molar-refractivity contribution in [2.45, 2.75) is 38.8 Å². The molecule has 1 amide bonds. The van der Waals surface area contributed by atoms with Crippen LogP contribution in [0.4, 0.5) is 4.79 Å². The number of hydrogen-bond acceptors (Lipinski definition) is 16. The highest BCUT2D eigenvalue weighted by molar-refractivity contribution is 5.88. The molecule has 372 valence electrons. The highest BCUT2D eigenvalue weighted by Crippen LogP contribution is 2.52. The van der Waals surface area contributed by atoms with Crippen LogP contribution < -0.4 is 10.1 Å². The number of aromatic carboxylic acids is 2. The van der Waals surface area contributed by atoms with E-state index in [4.69, 9.17) is 47.4 Å². The molecule has 1 saturated carbocycles. The van der Waals surface area contributed by atoms with E-state index in [-0.39, 0.29) is 17.9 Å². The number of nitrogens with one attached hydrogen (secondary N) is 1. The first-order valence-corrected chi connectivity index (χ1v) is 23.5. The molecule has 19 heteroatoms. The predicted octanol–water partition coefficient (Wildman–Crippen LogP) is 3.47. The molecule has 67 heavy (non-hydrogen) atoms. The summed E-state index contributed by atoms with van der Waals surface area (Å²) in [6.45, 7) is 10.8. The smallest absolute Gasteiger partial charge is 0.407 e. The Balaban J connectivity index is 0.885. The number of carbonyl (C=O) groups is 3. The summed E-state index contributed by atoms with van der Waals surface area (Å²) < 4.78 is 57.1. The molecule has 3 N–H and O–H groups in total. The van der Waals surface area contributed by atoms with Gasteiger partial charge in [0.1, 0.15) is 18.1 Å². The van der Waals surface area contributed by atoms with Crippen LogP contribution >= 0.6 is 0 Å². The molecule has 2 aliphatic carbocycles. The minimum atomic E-state index is -1.06. The van der Waals surface area contributed by atoms with E-state index < -0.39 is 18.0 Å². The Labute approximate surface area is 393 Å². The van der Waals surface area contributed by atoms with Crippen molar-refractivity contribution >= 4 is 18.0 Å². The number of aromatic nitrogens is 1. The van der Waals surface area contributed by atoms with E-state index in [2.05, 4.69) is 31.9 Å². The largest absolute Gasteiger partial charge is 0.491 e. The molecule has 5 rings (SSSR count). The van der Waals surface area contributed by atoms with Crippen molar-refractivity contribution in [1.29, 1.82) is 0 Å². The Morgan fingerprint density at radius 2 is 1.19 bits per heavy atom. The van der Waals surface area contributed by atoms with Crippen LogP contribution in [-0.4, -0.2) is 195 Å². The average Bonchev–Trinajstić information content (AvgIpc) is 3.97. The first kappa shape index (κ1) is 53.5. The van der Waals surface area contributed by atoms with Crippen LogP contribution in [0.5, 0.6) is 5.75 Å². The molecule has 0 bridgehead atoms. The van der Waals surface area contributed by atoms with Gasteiger partial charge in [-0.25, -0.2) is 19.4 Å². The zero-order valence-electron chi connectivity index (χ0n) is 38.7. The highest BCUT2D eigenvalue weighted by Gasteiger charge is 2.49. The van der Waals surface area contributed by atoms with E-state index in [0.717, 1.165) is 31.2 Å². The van der Waals surface area contributed by atoms with Gasteiger partial charge < -0.3 is 62.9 Å². The van der Waals surface area contributed by atoms with Gasteiger partial charge in [0.05, 0.1) is 124 Å². The van der Waals surface area contributed by atoms with E-state index in [1.165, 1.54) is 12.1 Å². The van der Waals surface area contributed by atoms with Crippen LogP contribution in [0.2, 0.25) is 0 Å². The molecule has 2 heterocycles. The minimum Gasteiger partial charge on any atom is -0.491 e. The number of carbonyl (C=O) groups excluding carboxylic acids is 1. The van der Waals surface area contributed by atoms with Crippen molar-refractivity contribution < 1.29 is 72.0 Å². The Kier molecular flexibility index (Phi) is 25.8. The molecule has 1 saturated heterocycles. The van der Waals surface area contributed by atoms with Gasteiger partial charge in [0.15, 0.2) is 0 Å². The number of fused-ring (bicyclic) bond motifs is 1. The topological polar surface area (TPSA) is 215 Å². The SMILES string of the molecule is O=C(NCCOCCOCCOCCOCCOc1cc(CN2CCOCCOCCN(Cc3cccc(C(=O)O)n3)CCOCCOCC2)cc(C(=O)O)c1)OCC1C2CCC#CCCC21. The van der Waals surface area contributed by atoms with Crippen molar-refractivity contribution in [3.63, 3.8) is 0 Å². The molecule has 1 aromatic carbocycles. The maximum atomic E-state index is 12.0. The summed E-state index contributed by atoms with van der Waals surface area (Å²) in [6.07, 6.45) is 3.69. The quantitative estimate of drug-likeness (QED) is 0.101. The average molecular weight is 943 g/mol. The van der Waals surface area contributed by atoms with Gasteiger partial charge in [-0.3, -0.25) is 9.80 Å². The van der Waals surface area contributed by atoms with Crippen molar-refractivity contribution in [2.24, 2.45) is 17.8 Å². The van der Waals surface area contributed by atoms with Gasteiger partial charge in [0, 0.05) is 58.7 Å². The summed E-state index contributed by atoms with van der Waals surface area (Å²) in [5.74, 6) is 6.48. The lowest BCUT2D eigenvalue weighted by Gasteiger charge is -2.24. The molecule has 2 atom stereocenters. The van der Waals surface area contributed by atoms with Crippen molar-refractivity contribution in [1.82, 2.24) is 20.1 Å². The number of rotatable bonds is 24. The number of carboxylic acids is 2. The number of ether oxygens (including phenoxy) is 10. The van der Waals surface area contributed by atoms with Crippen molar-refractivity contribution in [2.75, 3.05) is 152 Å². The second-order valence-corrected chi connectivity index (χ2v) is 16.2. The van der Waals surface area contributed by atoms with E-state index in [9.17, 15) is 24.6 Å². The molecule has 1 aliphatic heterocycles. The molecule has 2 unspecified atom stereocenters. The third-order valence-corrected chi connectivity index (χ3v) is 11.4. The van der Waals surface area contributed by atoms with Gasteiger partial charge >= 0.3 is 18.0 Å². The second-order valence-electron chi connectivity index (χ2n) is 16.2. The van der Waals surface area contributed by atoms with Crippen LogP contribution in [0.25, 0.3) is 0 Å². The lowest BCUT2D eigenvalue weighted by molar-refractivity contribution is -0.00429. The van der Waals surface area contributed by atoms with Crippen LogP contribution in [-0.2, 0) is 55.7 Å². The van der Waals surface area contributed by atoms with Crippen molar-refractivity contribution in [3.8, 4) is 17.6 Å². The molecular formula is C48H70N4O15.